The molecule has 0 aliphatic carbocycles. The predicted octanol–water partition coefficient (Wildman–Crippen LogP) is 3.64. The summed E-state index contributed by atoms with van der Waals surface area (Å²) in [6.07, 6.45) is -0.546. The minimum Gasteiger partial charge on any atom is -0.497 e. The second kappa shape index (κ2) is 6.44. The van der Waals surface area contributed by atoms with Gasteiger partial charge in [0.05, 0.1) is 13.2 Å². The van der Waals surface area contributed by atoms with Crippen molar-refractivity contribution in [2.45, 2.75) is 26.6 Å². The molecule has 2 aromatic carbocycles. The highest BCUT2D eigenvalue weighted by atomic mass is 16.5. The molecule has 0 aliphatic rings. The summed E-state index contributed by atoms with van der Waals surface area (Å²) in [5.41, 5.74) is 2.95. The molecule has 0 aromatic heterocycles. The molecule has 1 atom stereocenters. The van der Waals surface area contributed by atoms with Crippen LogP contribution < -0.4 is 9.47 Å². The van der Waals surface area contributed by atoms with Crippen LogP contribution in [0.25, 0.3) is 0 Å². The Balaban J connectivity index is 2.14. The highest BCUT2D eigenvalue weighted by Crippen LogP contribution is 2.27. The van der Waals surface area contributed by atoms with Crippen molar-refractivity contribution in [3.63, 3.8) is 0 Å². The van der Waals surface area contributed by atoms with Crippen LogP contribution in [-0.4, -0.2) is 12.2 Å². The van der Waals surface area contributed by atoms with E-state index in [4.69, 9.17) is 9.47 Å². The number of hydrogen-bond acceptors (Lipinski definition) is 3. The number of aliphatic hydroxyl groups is 1. The first-order valence-electron chi connectivity index (χ1n) is 6.64. The van der Waals surface area contributed by atoms with Gasteiger partial charge in [0, 0.05) is 5.56 Å². The van der Waals surface area contributed by atoms with Gasteiger partial charge in [-0.3, -0.25) is 0 Å². The Labute approximate surface area is 119 Å². The predicted molar refractivity (Wildman–Crippen MR) is 79.1 cm³/mol. The Bertz CT molecular complexity index is 576. The Morgan fingerprint density at radius 1 is 1.15 bits per heavy atom. The van der Waals surface area contributed by atoms with Crippen molar-refractivity contribution in [2.75, 3.05) is 7.11 Å². The normalized spacial score (nSPS) is 12.0. The number of rotatable bonds is 5. The molecule has 2 rings (SSSR count). The summed E-state index contributed by atoms with van der Waals surface area (Å²) in [7, 11) is 1.64. The standard InChI is InChI=1S/C17H20O3/c1-12-7-8-17(16(9-12)13(2)18)20-11-14-5-4-6-15(10-14)19-3/h4-10,13,18H,11H2,1-3H3/t13-/m0/s1. The zero-order chi connectivity index (χ0) is 14.5. The van der Waals surface area contributed by atoms with Crippen molar-refractivity contribution < 1.29 is 14.6 Å². The van der Waals surface area contributed by atoms with Crippen LogP contribution in [0.3, 0.4) is 0 Å². The smallest absolute Gasteiger partial charge is 0.125 e. The third-order valence-electron chi connectivity index (χ3n) is 3.14. The first-order chi connectivity index (χ1) is 9.60. The van der Waals surface area contributed by atoms with E-state index in [1.807, 2.05) is 49.4 Å². The molecule has 0 heterocycles. The summed E-state index contributed by atoms with van der Waals surface area (Å²) in [5.74, 6) is 1.53. The van der Waals surface area contributed by atoms with Gasteiger partial charge in [0.25, 0.3) is 0 Å². The van der Waals surface area contributed by atoms with Gasteiger partial charge in [0.2, 0.25) is 0 Å². The van der Waals surface area contributed by atoms with Gasteiger partial charge in [-0.1, -0.05) is 23.8 Å². The van der Waals surface area contributed by atoms with Gasteiger partial charge in [-0.15, -0.1) is 0 Å². The minimum atomic E-state index is -0.546. The van der Waals surface area contributed by atoms with Crippen LogP contribution in [-0.2, 0) is 6.61 Å². The summed E-state index contributed by atoms with van der Waals surface area (Å²) in [5, 5.41) is 9.81. The third-order valence-corrected chi connectivity index (χ3v) is 3.14. The zero-order valence-corrected chi connectivity index (χ0v) is 12.1. The molecule has 0 fully saturated rings. The van der Waals surface area contributed by atoms with Crippen LogP contribution in [0.2, 0.25) is 0 Å². The lowest BCUT2D eigenvalue weighted by Crippen LogP contribution is -2.01. The van der Waals surface area contributed by atoms with Crippen molar-refractivity contribution in [3.8, 4) is 11.5 Å². The van der Waals surface area contributed by atoms with Crippen molar-refractivity contribution in [1.29, 1.82) is 0 Å². The summed E-state index contributed by atoms with van der Waals surface area (Å²) in [6, 6.07) is 13.6. The topological polar surface area (TPSA) is 38.7 Å². The van der Waals surface area contributed by atoms with Crippen molar-refractivity contribution in [2.24, 2.45) is 0 Å². The Hall–Kier alpha value is -2.00. The fourth-order valence-electron chi connectivity index (χ4n) is 2.05. The third kappa shape index (κ3) is 3.52. The van der Waals surface area contributed by atoms with Crippen molar-refractivity contribution in [1.82, 2.24) is 0 Å². The van der Waals surface area contributed by atoms with E-state index >= 15 is 0 Å². The molecule has 3 nitrogen and oxygen atoms in total. The van der Waals surface area contributed by atoms with Gasteiger partial charge in [-0.05, 0) is 43.7 Å². The van der Waals surface area contributed by atoms with Crippen LogP contribution >= 0.6 is 0 Å². The molecule has 3 heteroatoms. The monoisotopic (exact) mass is 272 g/mol. The first-order valence-corrected chi connectivity index (χ1v) is 6.64. The Morgan fingerprint density at radius 2 is 1.95 bits per heavy atom. The first kappa shape index (κ1) is 14.4. The average molecular weight is 272 g/mol. The molecule has 1 N–H and O–H groups in total. The summed E-state index contributed by atoms with van der Waals surface area (Å²) in [6.45, 7) is 4.19. The van der Waals surface area contributed by atoms with Crippen LogP contribution in [0.5, 0.6) is 11.5 Å². The lowest BCUT2D eigenvalue weighted by molar-refractivity contribution is 0.190. The van der Waals surface area contributed by atoms with Gasteiger partial charge in [-0.2, -0.15) is 0 Å². The molecule has 0 unspecified atom stereocenters. The number of methoxy groups -OCH3 is 1. The lowest BCUT2D eigenvalue weighted by atomic mass is 10.1. The number of aryl methyl sites for hydroxylation is 1. The van der Waals surface area contributed by atoms with Crippen LogP contribution in [0.4, 0.5) is 0 Å². The molecule has 0 radical (unpaired) electrons. The number of aliphatic hydroxyl groups excluding tert-OH is 1. The van der Waals surface area contributed by atoms with Crippen LogP contribution in [0.15, 0.2) is 42.5 Å². The summed E-state index contributed by atoms with van der Waals surface area (Å²) in [4.78, 5) is 0. The van der Waals surface area contributed by atoms with E-state index < -0.39 is 6.10 Å². The molecular weight excluding hydrogens is 252 g/mol. The molecule has 0 bridgehead atoms. The number of hydrogen-bond donors (Lipinski definition) is 1. The molecule has 20 heavy (non-hydrogen) atoms. The van der Waals surface area contributed by atoms with Crippen molar-refractivity contribution in [3.05, 3.63) is 59.2 Å². The molecule has 0 amide bonds. The van der Waals surface area contributed by atoms with E-state index in [-0.39, 0.29) is 0 Å². The van der Waals surface area contributed by atoms with E-state index in [0.717, 1.165) is 22.4 Å². The maximum absolute atomic E-state index is 9.81. The highest BCUT2D eigenvalue weighted by Gasteiger charge is 2.09. The maximum atomic E-state index is 9.81. The molecule has 106 valence electrons. The maximum Gasteiger partial charge on any atom is 0.125 e. The van der Waals surface area contributed by atoms with E-state index in [1.54, 1.807) is 14.0 Å². The number of ether oxygens (including phenoxy) is 2. The fraction of sp³-hybridized carbons (Fsp3) is 0.294. The molecule has 2 aromatic rings. The van der Waals surface area contributed by atoms with E-state index in [0.29, 0.717) is 12.4 Å². The van der Waals surface area contributed by atoms with Gasteiger partial charge in [0.1, 0.15) is 18.1 Å². The molecule has 0 saturated heterocycles. The van der Waals surface area contributed by atoms with Gasteiger partial charge in [-0.25, -0.2) is 0 Å². The molecule has 0 spiro atoms. The van der Waals surface area contributed by atoms with Crippen LogP contribution in [0, 0.1) is 6.92 Å². The lowest BCUT2D eigenvalue weighted by Gasteiger charge is -2.14. The molecule has 0 saturated carbocycles. The fourth-order valence-corrected chi connectivity index (χ4v) is 2.05. The van der Waals surface area contributed by atoms with Gasteiger partial charge < -0.3 is 14.6 Å². The SMILES string of the molecule is COc1cccc(COc2ccc(C)cc2[C@H](C)O)c1. The van der Waals surface area contributed by atoms with Gasteiger partial charge in [0.15, 0.2) is 0 Å². The average Bonchev–Trinajstić information content (AvgIpc) is 2.46. The zero-order valence-electron chi connectivity index (χ0n) is 12.1. The van der Waals surface area contributed by atoms with E-state index in [1.165, 1.54) is 0 Å². The molecular formula is C17H20O3. The summed E-state index contributed by atoms with van der Waals surface area (Å²) < 4.78 is 11.0. The van der Waals surface area contributed by atoms with E-state index in [9.17, 15) is 5.11 Å². The Morgan fingerprint density at radius 3 is 2.65 bits per heavy atom. The minimum absolute atomic E-state index is 0.444. The summed E-state index contributed by atoms with van der Waals surface area (Å²) >= 11 is 0. The Kier molecular flexibility index (Phi) is 4.64. The van der Waals surface area contributed by atoms with Crippen LogP contribution in [0.1, 0.15) is 29.7 Å². The molecule has 0 aliphatic heterocycles. The largest absolute Gasteiger partial charge is 0.497 e. The number of benzene rings is 2. The second-order valence-corrected chi connectivity index (χ2v) is 4.86. The van der Waals surface area contributed by atoms with Gasteiger partial charge >= 0.3 is 0 Å². The highest BCUT2D eigenvalue weighted by molar-refractivity contribution is 5.38. The van der Waals surface area contributed by atoms with E-state index in [2.05, 4.69) is 0 Å². The second-order valence-electron chi connectivity index (χ2n) is 4.86. The quantitative estimate of drug-likeness (QED) is 0.903. The van der Waals surface area contributed by atoms with Crippen molar-refractivity contribution >= 4 is 0 Å².